The summed E-state index contributed by atoms with van der Waals surface area (Å²) in [7, 11) is 0. The van der Waals surface area contributed by atoms with Crippen molar-refractivity contribution in [2.45, 2.75) is 0 Å². The Morgan fingerprint density at radius 1 is 1.40 bits per heavy atom. The molecule has 0 radical (unpaired) electrons. The van der Waals surface area contributed by atoms with Crippen LogP contribution in [0.5, 0.6) is 0 Å². The van der Waals surface area contributed by atoms with Gasteiger partial charge in [0.15, 0.2) is 0 Å². The van der Waals surface area contributed by atoms with Gasteiger partial charge in [0.2, 0.25) is 0 Å². The van der Waals surface area contributed by atoms with Gasteiger partial charge in [0.05, 0.1) is 0 Å². The standard InChI is InChI=1S/C7H4FNSe/c8-5-1-2-7-6(3-5)9-4-10-7/h1-4H. The first kappa shape index (κ1) is 6.08. The van der Waals surface area contributed by atoms with Crippen LogP contribution >= 0.6 is 0 Å². The summed E-state index contributed by atoms with van der Waals surface area (Å²) in [5.41, 5.74) is 0.806. The molecule has 3 heteroatoms. The van der Waals surface area contributed by atoms with Gasteiger partial charge in [-0.1, -0.05) is 0 Å². The number of aromatic nitrogens is 1. The number of halogens is 1. The third kappa shape index (κ3) is 0.877. The summed E-state index contributed by atoms with van der Waals surface area (Å²) in [4.78, 5) is 4.02. The van der Waals surface area contributed by atoms with E-state index in [-0.39, 0.29) is 5.82 Å². The molecular weight excluding hydrogens is 196 g/mol. The van der Waals surface area contributed by atoms with Gasteiger partial charge >= 0.3 is 62.7 Å². The van der Waals surface area contributed by atoms with Crippen molar-refractivity contribution in [1.82, 2.24) is 4.98 Å². The summed E-state index contributed by atoms with van der Waals surface area (Å²) in [6, 6.07) is 4.76. The number of fused-ring (bicyclic) bond motifs is 1. The monoisotopic (exact) mass is 201 g/mol. The van der Waals surface area contributed by atoms with Crippen molar-refractivity contribution in [2.75, 3.05) is 0 Å². The van der Waals surface area contributed by atoms with Crippen molar-refractivity contribution in [3.63, 3.8) is 0 Å². The Morgan fingerprint density at radius 2 is 2.30 bits per heavy atom. The van der Waals surface area contributed by atoms with Crippen molar-refractivity contribution in [3.8, 4) is 0 Å². The second-order valence-corrected chi connectivity index (χ2v) is 3.82. The van der Waals surface area contributed by atoms with Crippen LogP contribution in [0.3, 0.4) is 0 Å². The molecule has 50 valence electrons. The molecule has 1 aromatic carbocycles. The number of benzene rings is 1. The summed E-state index contributed by atoms with van der Waals surface area (Å²) in [6.45, 7) is 0. The van der Waals surface area contributed by atoms with E-state index in [0.717, 1.165) is 5.52 Å². The van der Waals surface area contributed by atoms with E-state index in [1.54, 1.807) is 6.07 Å². The number of rotatable bonds is 0. The molecule has 10 heavy (non-hydrogen) atoms. The van der Waals surface area contributed by atoms with Crippen LogP contribution in [-0.2, 0) is 0 Å². The number of hydrogen-bond acceptors (Lipinski definition) is 1. The third-order valence-electron chi connectivity index (χ3n) is 1.29. The molecule has 0 bridgehead atoms. The van der Waals surface area contributed by atoms with Gasteiger partial charge in [0.25, 0.3) is 0 Å². The van der Waals surface area contributed by atoms with E-state index in [2.05, 4.69) is 4.98 Å². The first-order chi connectivity index (χ1) is 4.86. The van der Waals surface area contributed by atoms with E-state index in [9.17, 15) is 4.39 Å². The zero-order valence-electron chi connectivity index (χ0n) is 5.04. The van der Waals surface area contributed by atoms with Gasteiger partial charge in [-0.25, -0.2) is 0 Å². The maximum absolute atomic E-state index is 12.5. The van der Waals surface area contributed by atoms with Crippen LogP contribution in [0, 0.1) is 5.82 Å². The Kier molecular flexibility index (Phi) is 1.33. The van der Waals surface area contributed by atoms with Crippen LogP contribution in [0.1, 0.15) is 0 Å². The molecule has 0 spiro atoms. The van der Waals surface area contributed by atoms with Crippen LogP contribution in [0.4, 0.5) is 4.39 Å². The normalized spacial score (nSPS) is 10.5. The van der Waals surface area contributed by atoms with Crippen molar-refractivity contribution in [1.29, 1.82) is 0 Å². The summed E-state index contributed by atoms with van der Waals surface area (Å²) in [6.07, 6.45) is 0. The molecule has 1 heterocycles. The summed E-state index contributed by atoms with van der Waals surface area (Å²) < 4.78 is 13.7. The van der Waals surface area contributed by atoms with Crippen molar-refractivity contribution < 1.29 is 4.39 Å². The van der Waals surface area contributed by atoms with Gasteiger partial charge in [0, 0.05) is 0 Å². The molecule has 0 N–H and O–H groups in total. The van der Waals surface area contributed by atoms with E-state index in [1.807, 2.05) is 5.07 Å². The first-order valence-corrected chi connectivity index (χ1v) is 4.69. The van der Waals surface area contributed by atoms with E-state index >= 15 is 0 Å². The molecule has 0 saturated heterocycles. The van der Waals surface area contributed by atoms with Crippen LogP contribution in [-0.4, -0.2) is 19.5 Å². The van der Waals surface area contributed by atoms with E-state index in [0.29, 0.717) is 14.5 Å². The Bertz CT molecular complexity index is 355. The molecule has 0 amide bonds. The summed E-state index contributed by atoms with van der Waals surface area (Å²) in [5.74, 6) is -0.200. The van der Waals surface area contributed by atoms with E-state index in [4.69, 9.17) is 0 Å². The van der Waals surface area contributed by atoms with Crippen LogP contribution in [0.25, 0.3) is 9.78 Å². The van der Waals surface area contributed by atoms with Crippen LogP contribution in [0.15, 0.2) is 23.3 Å². The van der Waals surface area contributed by atoms with E-state index < -0.39 is 0 Å². The second kappa shape index (κ2) is 2.18. The summed E-state index contributed by atoms with van der Waals surface area (Å²) >= 11 is 0.336. The van der Waals surface area contributed by atoms with Crippen LogP contribution < -0.4 is 0 Å². The quantitative estimate of drug-likeness (QED) is 0.586. The molecule has 1 nitrogen and oxygen atoms in total. The van der Waals surface area contributed by atoms with Gasteiger partial charge in [-0.15, -0.1) is 0 Å². The Morgan fingerprint density at radius 3 is 3.20 bits per heavy atom. The Hall–Kier alpha value is -0.661. The first-order valence-electron chi connectivity index (χ1n) is 2.85. The molecule has 0 aliphatic rings. The fourth-order valence-electron chi connectivity index (χ4n) is 0.831. The molecule has 0 aliphatic carbocycles. The average Bonchev–Trinajstić information content (AvgIpc) is 2.33. The van der Waals surface area contributed by atoms with Crippen molar-refractivity contribution in [3.05, 3.63) is 29.1 Å². The maximum atomic E-state index is 12.5. The number of nitrogens with zero attached hydrogens (tertiary/aromatic N) is 1. The molecular formula is C7H4FNSe. The molecule has 0 saturated carbocycles. The topological polar surface area (TPSA) is 12.9 Å². The molecule has 0 aliphatic heterocycles. The fourth-order valence-corrected chi connectivity index (χ4v) is 2.21. The predicted octanol–water partition coefficient (Wildman–Crippen LogP) is 1.43. The average molecular weight is 200 g/mol. The Labute approximate surface area is 63.3 Å². The number of hydrogen-bond donors (Lipinski definition) is 0. The van der Waals surface area contributed by atoms with Gasteiger partial charge in [0.1, 0.15) is 0 Å². The Balaban J connectivity index is 2.86. The van der Waals surface area contributed by atoms with Gasteiger partial charge < -0.3 is 0 Å². The van der Waals surface area contributed by atoms with Crippen molar-refractivity contribution >= 4 is 24.3 Å². The van der Waals surface area contributed by atoms with Gasteiger partial charge in [-0.05, 0) is 0 Å². The summed E-state index contributed by atoms with van der Waals surface area (Å²) in [5, 5.41) is 1.86. The molecule has 1 aromatic heterocycles. The van der Waals surface area contributed by atoms with Crippen LogP contribution in [0.2, 0.25) is 0 Å². The zero-order valence-corrected chi connectivity index (χ0v) is 6.76. The molecule has 2 rings (SSSR count). The fraction of sp³-hybridized carbons (Fsp3) is 0. The second-order valence-electron chi connectivity index (χ2n) is 1.96. The van der Waals surface area contributed by atoms with E-state index in [1.165, 1.54) is 16.4 Å². The SMILES string of the molecule is Fc1ccc2[se]cnc2c1. The molecule has 0 fully saturated rings. The predicted molar refractivity (Wildman–Crippen MR) is 38.6 cm³/mol. The molecule has 0 atom stereocenters. The zero-order chi connectivity index (χ0) is 6.97. The molecule has 0 unspecified atom stereocenters. The van der Waals surface area contributed by atoms with Crippen molar-refractivity contribution in [2.24, 2.45) is 0 Å². The molecule has 2 aromatic rings. The minimum atomic E-state index is -0.200. The van der Waals surface area contributed by atoms with Gasteiger partial charge in [-0.3, -0.25) is 0 Å². The van der Waals surface area contributed by atoms with Gasteiger partial charge in [-0.2, -0.15) is 0 Å². The third-order valence-corrected chi connectivity index (χ3v) is 2.99. The minimum absolute atomic E-state index is 0.200.